The first-order valence-electron chi connectivity index (χ1n) is 7.24. The molecular weight excluding hydrogens is 260 g/mol. The van der Waals surface area contributed by atoms with E-state index in [0.29, 0.717) is 5.56 Å². The van der Waals surface area contributed by atoms with Gasteiger partial charge in [0.25, 0.3) is 5.91 Å². The van der Waals surface area contributed by atoms with E-state index < -0.39 is 0 Å². The van der Waals surface area contributed by atoms with Crippen LogP contribution in [0.5, 0.6) is 0 Å². The lowest BCUT2D eigenvalue weighted by molar-refractivity contribution is 0.0827. The van der Waals surface area contributed by atoms with Crippen molar-refractivity contribution in [1.82, 2.24) is 4.90 Å². The molecule has 0 aliphatic carbocycles. The lowest BCUT2D eigenvalue weighted by Crippen LogP contribution is -2.21. The zero-order valence-corrected chi connectivity index (χ0v) is 12.9. The number of hydrogen-bond acceptors (Lipinski definition) is 2. The lowest BCUT2D eigenvalue weighted by atomic mass is 10.1. The van der Waals surface area contributed by atoms with Crippen LogP contribution in [0.2, 0.25) is 0 Å². The molecule has 0 atom stereocenters. The quantitative estimate of drug-likeness (QED) is 0.909. The van der Waals surface area contributed by atoms with Gasteiger partial charge in [-0.3, -0.25) is 4.79 Å². The van der Waals surface area contributed by atoms with Crippen molar-refractivity contribution >= 4 is 11.6 Å². The number of carbonyl (C=O) groups excluding carboxylic acids is 1. The molecule has 3 nitrogen and oxygen atoms in total. The van der Waals surface area contributed by atoms with Gasteiger partial charge in [-0.15, -0.1) is 0 Å². The molecule has 0 unspecified atom stereocenters. The minimum Gasteiger partial charge on any atom is -0.381 e. The second-order valence-corrected chi connectivity index (χ2v) is 5.25. The van der Waals surface area contributed by atoms with Gasteiger partial charge in [0.1, 0.15) is 0 Å². The van der Waals surface area contributed by atoms with Gasteiger partial charge in [0.2, 0.25) is 0 Å². The Labute approximate surface area is 126 Å². The van der Waals surface area contributed by atoms with Crippen molar-refractivity contribution < 1.29 is 4.79 Å². The molecule has 2 rings (SSSR count). The van der Waals surface area contributed by atoms with Crippen molar-refractivity contribution in [3.05, 3.63) is 65.2 Å². The Balaban J connectivity index is 2.02. The fourth-order valence-corrected chi connectivity index (χ4v) is 2.26. The topological polar surface area (TPSA) is 32.3 Å². The molecule has 110 valence electrons. The van der Waals surface area contributed by atoms with E-state index in [-0.39, 0.29) is 5.91 Å². The SMILES string of the molecule is CCc1ccccc1CNc1ccc(C(=O)N(C)C)cc1. The Morgan fingerprint density at radius 3 is 2.19 bits per heavy atom. The predicted molar refractivity (Wildman–Crippen MR) is 87.6 cm³/mol. The summed E-state index contributed by atoms with van der Waals surface area (Å²) in [5, 5.41) is 3.41. The second-order valence-electron chi connectivity index (χ2n) is 5.25. The molecule has 0 saturated heterocycles. The smallest absolute Gasteiger partial charge is 0.253 e. The summed E-state index contributed by atoms with van der Waals surface area (Å²) in [7, 11) is 3.52. The largest absolute Gasteiger partial charge is 0.381 e. The molecule has 0 saturated carbocycles. The Morgan fingerprint density at radius 1 is 1.00 bits per heavy atom. The van der Waals surface area contributed by atoms with Crippen LogP contribution in [-0.2, 0) is 13.0 Å². The van der Waals surface area contributed by atoms with Gasteiger partial charge in [-0.05, 0) is 41.8 Å². The summed E-state index contributed by atoms with van der Waals surface area (Å²) < 4.78 is 0. The van der Waals surface area contributed by atoms with E-state index in [0.717, 1.165) is 18.7 Å². The molecule has 1 amide bonds. The molecule has 0 spiro atoms. The van der Waals surface area contributed by atoms with Crippen LogP contribution in [0.3, 0.4) is 0 Å². The van der Waals surface area contributed by atoms with Gasteiger partial charge in [0.15, 0.2) is 0 Å². The number of amides is 1. The molecule has 21 heavy (non-hydrogen) atoms. The van der Waals surface area contributed by atoms with Gasteiger partial charge in [-0.1, -0.05) is 31.2 Å². The van der Waals surface area contributed by atoms with Crippen LogP contribution in [0.25, 0.3) is 0 Å². The fraction of sp³-hybridized carbons (Fsp3) is 0.278. The Morgan fingerprint density at radius 2 is 1.62 bits per heavy atom. The standard InChI is InChI=1S/C18H22N2O/c1-4-14-7-5-6-8-16(14)13-19-17-11-9-15(10-12-17)18(21)20(2)3/h5-12,19H,4,13H2,1-3H3. The number of hydrogen-bond donors (Lipinski definition) is 1. The van der Waals surface area contributed by atoms with Gasteiger partial charge >= 0.3 is 0 Å². The molecule has 0 aliphatic heterocycles. The average Bonchev–Trinajstić information content (AvgIpc) is 2.52. The molecule has 2 aromatic rings. The lowest BCUT2D eigenvalue weighted by Gasteiger charge is -2.12. The van der Waals surface area contributed by atoms with E-state index in [1.165, 1.54) is 11.1 Å². The van der Waals surface area contributed by atoms with Crippen molar-refractivity contribution in [2.45, 2.75) is 19.9 Å². The van der Waals surface area contributed by atoms with E-state index in [2.05, 4.69) is 36.5 Å². The highest BCUT2D eigenvalue weighted by molar-refractivity contribution is 5.94. The van der Waals surface area contributed by atoms with Crippen molar-refractivity contribution in [2.75, 3.05) is 19.4 Å². The molecule has 0 heterocycles. The van der Waals surface area contributed by atoms with Crippen molar-refractivity contribution in [2.24, 2.45) is 0 Å². The number of anilines is 1. The monoisotopic (exact) mass is 282 g/mol. The highest BCUT2D eigenvalue weighted by atomic mass is 16.2. The summed E-state index contributed by atoms with van der Waals surface area (Å²) in [6, 6.07) is 16.1. The molecule has 0 radical (unpaired) electrons. The maximum atomic E-state index is 11.8. The first kappa shape index (κ1) is 15.1. The number of rotatable bonds is 5. The van der Waals surface area contributed by atoms with Gasteiger partial charge in [0.05, 0.1) is 0 Å². The maximum absolute atomic E-state index is 11.8. The summed E-state index contributed by atoms with van der Waals surface area (Å²) in [4.78, 5) is 13.4. The molecule has 3 heteroatoms. The molecule has 0 aromatic heterocycles. The number of benzene rings is 2. The van der Waals surface area contributed by atoms with Crippen LogP contribution < -0.4 is 5.32 Å². The van der Waals surface area contributed by atoms with Crippen LogP contribution in [0, 0.1) is 0 Å². The zero-order valence-electron chi connectivity index (χ0n) is 12.9. The third-order valence-electron chi connectivity index (χ3n) is 3.52. The third kappa shape index (κ3) is 3.85. The molecule has 1 N–H and O–H groups in total. The van der Waals surface area contributed by atoms with Gasteiger partial charge in [0, 0.05) is 31.9 Å². The molecule has 0 aliphatic rings. The van der Waals surface area contributed by atoms with Crippen molar-refractivity contribution in [3.8, 4) is 0 Å². The van der Waals surface area contributed by atoms with Crippen LogP contribution >= 0.6 is 0 Å². The average molecular weight is 282 g/mol. The van der Waals surface area contributed by atoms with Crippen molar-refractivity contribution in [3.63, 3.8) is 0 Å². The number of nitrogens with one attached hydrogen (secondary N) is 1. The summed E-state index contributed by atoms with van der Waals surface area (Å²) in [5.74, 6) is 0.0258. The Bertz CT molecular complexity index is 603. The minimum absolute atomic E-state index is 0.0258. The summed E-state index contributed by atoms with van der Waals surface area (Å²) >= 11 is 0. The Kier molecular flexibility index (Phi) is 4.99. The highest BCUT2D eigenvalue weighted by Gasteiger charge is 2.07. The van der Waals surface area contributed by atoms with E-state index in [9.17, 15) is 4.79 Å². The van der Waals surface area contributed by atoms with E-state index in [1.54, 1.807) is 19.0 Å². The van der Waals surface area contributed by atoms with Crippen LogP contribution in [0.15, 0.2) is 48.5 Å². The third-order valence-corrected chi connectivity index (χ3v) is 3.52. The van der Waals surface area contributed by atoms with Gasteiger partial charge in [-0.25, -0.2) is 0 Å². The highest BCUT2D eigenvalue weighted by Crippen LogP contribution is 2.14. The Hall–Kier alpha value is -2.29. The number of carbonyl (C=O) groups is 1. The summed E-state index contributed by atoms with van der Waals surface area (Å²) in [5.41, 5.74) is 4.41. The summed E-state index contributed by atoms with van der Waals surface area (Å²) in [6.45, 7) is 2.96. The molecule has 2 aromatic carbocycles. The minimum atomic E-state index is 0.0258. The first-order valence-corrected chi connectivity index (χ1v) is 7.24. The molecule has 0 fully saturated rings. The molecule has 0 bridgehead atoms. The van der Waals surface area contributed by atoms with E-state index >= 15 is 0 Å². The maximum Gasteiger partial charge on any atom is 0.253 e. The number of aryl methyl sites for hydroxylation is 1. The van der Waals surface area contributed by atoms with Crippen molar-refractivity contribution in [1.29, 1.82) is 0 Å². The normalized spacial score (nSPS) is 10.2. The fourth-order valence-electron chi connectivity index (χ4n) is 2.26. The summed E-state index contributed by atoms with van der Waals surface area (Å²) in [6.07, 6.45) is 1.04. The van der Waals surface area contributed by atoms with E-state index in [4.69, 9.17) is 0 Å². The first-order chi connectivity index (χ1) is 10.1. The van der Waals surface area contributed by atoms with Gasteiger partial charge < -0.3 is 10.2 Å². The van der Waals surface area contributed by atoms with Crippen LogP contribution in [-0.4, -0.2) is 24.9 Å². The number of nitrogens with zero attached hydrogens (tertiary/aromatic N) is 1. The van der Waals surface area contributed by atoms with Gasteiger partial charge in [-0.2, -0.15) is 0 Å². The molecular formula is C18H22N2O. The predicted octanol–water partition coefficient (Wildman–Crippen LogP) is 3.56. The van der Waals surface area contributed by atoms with Crippen LogP contribution in [0.4, 0.5) is 5.69 Å². The second kappa shape index (κ2) is 6.93. The zero-order chi connectivity index (χ0) is 15.2. The van der Waals surface area contributed by atoms with Crippen LogP contribution in [0.1, 0.15) is 28.4 Å². The van der Waals surface area contributed by atoms with E-state index in [1.807, 2.05) is 24.3 Å².